The van der Waals surface area contributed by atoms with E-state index >= 15 is 0 Å². The third-order valence-electron chi connectivity index (χ3n) is 12.0. The number of hydrogen-bond acceptors (Lipinski definition) is 10. The van der Waals surface area contributed by atoms with Crippen molar-refractivity contribution >= 4 is 68.8 Å². The number of esters is 2. The van der Waals surface area contributed by atoms with Crippen LogP contribution in [0.3, 0.4) is 0 Å². The Labute approximate surface area is 460 Å². The van der Waals surface area contributed by atoms with Gasteiger partial charge in [-0.3, -0.25) is 37.4 Å². The zero-order chi connectivity index (χ0) is 58.1. The van der Waals surface area contributed by atoms with E-state index in [-0.39, 0.29) is 56.7 Å². The summed E-state index contributed by atoms with van der Waals surface area (Å²) in [6.07, 6.45) is -9.21. The van der Waals surface area contributed by atoms with Crippen molar-refractivity contribution < 1.29 is 54.9 Å². The maximum atomic E-state index is 13.8. The number of carbonyl (C=O) groups is 2. The van der Waals surface area contributed by atoms with Crippen LogP contribution >= 0.6 is 34.8 Å². The van der Waals surface area contributed by atoms with Gasteiger partial charge in [0.05, 0.1) is 35.6 Å². The summed E-state index contributed by atoms with van der Waals surface area (Å²) in [4.78, 5) is 77.5. The van der Waals surface area contributed by atoms with E-state index in [1.165, 1.54) is 73.5 Å². The molecule has 0 amide bonds. The summed E-state index contributed by atoms with van der Waals surface area (Å²) < 4.78 is 101. The van der Waals surface area contributed by atoms with Crippen LogP contribution < -0.4 is 32.0 Å². The number of fused-ring (bicyclic) bond motifs is 2. The van der Waals surface area contributed by atoms with Gasteiger partial charge >= 0.3 is 36.0 Å². The van der Waals surface area contributed by atoms with Crippen LogP contribution in [0.1, 0.15) is 48.9 Å². The van der Waals surface area contributed by atoms with E-state index in [2.05, 4.69) is 14.5 Å². The molecule has 0 atom stereocenters. The SMILES string of the molecule is CC(=O)OCCCn1c(=O)c2[nH]c(-c3cccc(OC(F)(F)F)c3)c(C)c2n(C)c1=O.CC(=O)OCCCn1c(=O)c2c(c(C)c(-c3cccc(OC(F)(F)F)c3)n2Cc2ccc(Cl)cc2)n(C)c1=O.ClCc1ccc(Cl)cc1. The number of aromatic nitrogens is 6. The van der Waals surface area contributed by atoms with Gasteiger partial charge < -0.3 is 28.5 Å². The minimum absolute atomic E-state index is 0.00411. The number of ether oxygens (including phenoxy) is 4. The van der Waals surface area contributed by atoms with E-state index in [1.807, 2.05) is 24.3 Å². The Kier molecular flexibility index (Phi) is 19.8. The molecule has 0 fully saturated rings. The summed E-state index contributed by atoms with van der Waals surface area (Å²) >= 11 is 17.2. The maximum Gasteiger partial charge on any atom is 0.573 e. The third kappa shape index (κ3) is 15.3. The topological polar surface area (TPSA) is 180 Å². The van der Waals surface area contributed by atoms with Gasteiger partial charge in [0.1, 0.15) is 22.5 Å². The molecule has 25 heteroatoms. The first-order valence-corrected chi connectivity index (χ1v) is 25.2. The molecule has 0 radical (unpaired) electrons. The maximum absolute atomic E-state index is 13.8. The van der Waals surface area contributed by atoms with Crippen LogP contribution in [0.4, 0.5) is 26.3 Å². The molecule has 8 rings (SSSR count). The van der Waals surface area contributed by atoms with E-state index in [1.54, 1.807) is 54.8 Å². The molecule has 0 saturated carbocycles. The fraction of sp³-hybridized carbons (Fsp3) is 0.296. The first-order valence-electron chi connectivity index (χ1n) is 23.9. The fourth-order valence-corrected chi connectivity index (χ4v) is 9.06. The average Bonchev–Trinajstić information content (AvgIpc) is 3.73. The Balaban J connectivity index is 0.000000224. The number of aromatic amines is 1. The van der Waals surface area contributed by atoms with Crippen molar-refractivity contribution in [2.45, 2.75) is 78.8 Å². The number of H-pyrrole nitrogens is 1. The van der Waals surface area contributed by atoms with Crippen LogP contribution in [-0.2, 0) is 58.7 Å². The zero-order valence-electron chi connectivity index (χ0n) is 43.1. The highest BCUT2D eigenvalue weighted by atomic mass is 35.5. The number of carbonyl (C=O) groups excluding carboxylic acids is 2. The average molecular weight is 1160 g/mol. The molecule has 0 aliphatic rings. The first-order chi connectivity index (χ1) is 37.2. The molecular weight excluding hydrogens is 1110 g/mol. The van der Waals surface area contributed by atoms with Crippen LogP contribution in [0, 0.1) is 13.8 Å². The molecule has 8 aromatic rings. The second kappa shape index (κ2) is 25.8. The van der Waals surface area contributed by atoms with Gasteiger partial charge in [-0.05, 0) is 97.5 Å². The molecule has 0 aliphatic carbocycles. The minimum atomic E-state index is -4.88. The molecule has 1 N–H and O–H groups in total. The van der Waals surface area contributed by atoms with Crippen molar-refractivity contribution in [3.8, 4) is 34.0 Å². The molecule has 0 bridgehead atoms. The number of rotatable bonds is 15. The van der Waals surface area contributed by atoms with Gasteiger partial charge in [0.2, 0.25) is 0 Å². The van der Waals surface area contributed by atoms with Crippen molar-refractivity contribution in [1.82, 2.24) is 27.8 Å². The van der Waals surface area contributed by atoms with Crippen molar-refractivity contribution in [1.29, 1.82) is 0 Å². The summed E-state index contributed by atoms with van der Waals surface area (Å²) in [6.45, 7) is 6.19. The molecule has 0 unspecified atom stereocenters. The van der Waals surface area contributed by atoms with Gasteiger partial charge in [0.25, 0.3) is 11.1 Å². The highest BCUT2D eigenvalue weighted by molar-refractivity contribution is 6.30. The number of aryl methyl sites for hydroxylation is 4. The number of benzene rings is 4. The molecule has 0 aliphatic heterocycles. The van der Waals surface area contributed by atoms with Crippen molar-refractivity contribution in [3.63, 3.8) is 0 Å². The first kappa shape index (κ1) is 60.5. The highest BCUT2D eigenvalue weighted by Gasteiger charge is 2.33. The Hall–Kier alpha value is -7.69. The monoisotopic (exact) mass is 1160 g/mol. The van der Waals surface area contributed by atoms with Crippen LogP contribution in [0.15, 0.2) is 116 Å². The molecule has 16 nitrogen and oxygen atoms in total. The summed E-state index contributed by atoms with van der Waals surface area (Å²) in [5.41, 5.74) is 3.31. The minimum Gasteiger partial charge on any atom is -0.466 e. The summed E-state index contributed by atoms with van der Waals surface area (Å²) in [5.74, 6) is -1.20. The van der Waals surface area contributed by atoms with E-state index in [0.29, 0.717) is 55.6 Å². The molecule has 4 heterocycles. The Morgan fingerprint density at radius 2 is 1.04 bits per heavy atom. The highest BCUT2D eigenvalue weighted by Crippen LogP contribution is 2.36. The molecule has 4 aromatic carbocycles. The molecular formula is C54H51Cl3F6N6O10. The Morgan fingerprint density at radius 1 is 0.582 bits per heavy atom. The number of alkyl halides is 7. The number of halogens is 9. The van der Waals surface area contributed by atoms with Crippen molar-refractivity contribution in [2.24, 2.45) is 14.1 Å². The van der Waals surface area contributed by atoms with Gasteiger partial charge in [-0.15, -0.1) is 37.9 Å². The molecule has 420 valence electrons. The van der Waals surface area contributed by atoms with Gasteiger partial charge in [-0.25, -0.2) is 9.59 Å². The van der Waals surface area contributed by atoms with Crippen LogP contribution in [0.5, 0.6) is 11.5 Å². The number of nitrogens with one attached hydrogen (secondary N) is 1. The lowest BCUT2D eigenvalue weighted by molar-refractivity contribution is -0.275. The lowest BCUT2D eigenvalue weighted by Crippen LogP contribution is -2.40. The predicted molar refractivity (Wildman–Crippen MR) is 287 cm³/mol. The number of hydrogen-bond donors (Lipinski definition) is 1. The normalized spacial score (nSPS) is 11.4. The lowest BCUT2D eigenvalue weighted by Gasteiger charge is -2.14. The zero-order valence-corrected chi connectivity index (χ0v) is 45.4. The quantitative estimate of drug-likeness (QED) is 0.0449. The standard InChI is InChI=1S/C27H25ClF3N3O5.C20H20F3N3O5.C7H6Cl2/c1-16-22(19-6-4-7-21(14-19)39-27(29,30)31)34(15-18-8-10-20(28)11-9-18)24-23(16)32(3)26(37)33(25(24)36)12-5-13-38-17(2)35;1-11-15(13-6-4-7-14(10-13)31-20(21,22)23)24-16-17(11)25(3)19(29)26(18(16)28)8-5-9-30-12(2)27;8-5-6-1-3-7(9)4-2-6/h4,6-11,14H,5,12-13,15H2,1-3H3;4,6-7,10,24H,5,8-9H2,1-3H3;1-4H,5H2. The summed E-state index contributed by atoms with van der Waals surface area (Å²) in [7, 11) is 3.03. The predicted octanol–water partition coefficient (Wildman–Crippen LogP) is 11.0. The van der Waals surface area contributed by atoms with Crippen molar-refractivity contribution in [2.75, 3.05) is 13.2 Å². The van der Waals surface area contributed by atoms with E-state index < -0.39 is 58.7 Å². The molecule has 4 aromatic heterocycles. The van der Waals surface area contributed by atoms with Crippen molar-refractivity contribution in [3.05, 3.63) is 171 Å². The van der Waals surface area contributed by atoms with Crippen LogP contribution in [-0.4, -0.2) is 65.7 Å². The van der Waals surface area contributed by atoms with Crippen LogP contribution in [0.25, 0.3) is 44.6 Å². The fourth-order valence-electron chi connectivity index (χ4n) is 8.63. The van der Waals surface area contributed by atoms with E-state index in [0.717, 1.165) is 25.3 Å². The second-order valence-corrected chi connectivity index (χ2v) is 18.8. The van der Waals surface area contributed by atoms with E-state index in [4.69, 9.17) is 44.3 Å². The Morgan fingerprint density at radius 3 is 1.52 bits per heavy atom. The van der Waals surface area contributed by atoms with Gasteiger partial charge in [0, 0.05) is 74.6 Å². The van der Waals surface area contributed by atoms with E-state index in [9.17, 15) is 55.1 Å². The largest absolute Gasteiger partial charge is 0.573 e. The molecule has 0 saturated heterocycles. The smallest absolute Gasteiger partial charge is 0.466 e. The van der Waals surface area contributed by atoms with Gasteiger partial charge in [0.15, 0.2) is 0 Å². The van der Waals surface area contributed by atoms with Crippen LogP contribution in [0.2, 0.25) is 10.0 Å². The lowest BCUT2D eigenvalue weighted by atomic mass is 10.1. The third-order valence-corrected chi connectivity index (χ3v) is 12.8. The summed E-state index contributed by atoms with van der Waals surface area (Å²) in [6, 6.07) is 25.2. The number of nitrogens with zero attached hydrogens (tertiary/aromatic N) is 5. The Bertz CT molecular complexity index is 3750. The molecule has 0 spiro atoms. The van der Waals surface area contributed by atoms with Gasteiger partial charge in [-0.2, -0.15) is 0 Å². The second-order valence-electron chi connectivity index (χ2n) is 17.6. The summed E-state index contributed by atoms with van der Waals surface area (Å²) in [5, 5.41) is 1.27. The van der Waals surface area contributed by atoms with Gasteiger partial charge in [-0.1, -0.05) is 71.7 Å². The molecule has 79 heavy (non-hydrogen) atoms.